The molecule has 0 N–H and O–H groups in total. The maximum atomic E-state index is 12.7. The second-order valence-electron chi connectivity index (χ2n) is 4.66. The second kappa shape index (κ2) is 6.10. The van der Waals surface area contributed by atoms with E-state index in [4.69, 9.17) is 16.3 Å². The topological polar surface area (TPSA) is 46.6 Å². The summed E-state index contributed by atoms with van der Waals surface area (Å²) in [4.78, 5) is 2.08. The van der Waals surface area contributed by atoms with Crippen LogP contribution < -0.4 is 0 Å². The van der Waals surface area contributed by atoms with Crippen molar-refractivity contribution in [3.8, 4) is 0 Å². The van der Waals surface area contributed by atoms with Crippen LogP contribution in [0.3, 0.4) is 0 Å². The highest BCUT2D eigenvalue weighted by molar-refractivity contribution is 7.89. The number of ether oxygens (including phenoxy) is 1. The van der Waals surface area contributed by atoms with Gasteiger partial charge in [0.2, 0.25) is 10.0 Å². The molecule has 1 aromatic heterocycles. The number of hydrogen-bond acceptors (Lipinski definition) is 4. The minimum Gasteiger partial charge on any atom is -0.377 e. The van der Waals surface area contributed by atoms with E-state index in [1.165, 1.54) is 15.6 Å². The highest BCUT2D eigenvalue weighted by Crippen LogP contribution is 2.29. The van der Waals surface area contributed by atoms with E-state index >= 15 is 0 Å². The van der Waals surface area contributed by atoms with Crippen molar-refractivity contribution in [2.24, 2.45) is 0 Å². The summed E-state index contributed by atoms with van der Waals surface area (Å²) < 4.78 is 32.4. The quantitative estimate of drug-likeness (QED) is 0.803. The molecule has 108 valence electrons. The van der Waals surface area contributed by atoms with Crippen LogP contribution in [-0.4, -0.2) is 38.5 Å². The fourth-order valence-corrected chi connectivity index (χ4v) is 5.41. The van der Waals surface area contributed by atoms with Crippen LogP contribution in [0, 0.1) is 6.92 Å². The first-order valence-electron chi connectivity index (χ1n) is 6.22. The van der Waals surface area contributed by atoms with Crippen LogP contribution in [0.15, 0.2) is 11.0 Å². The summed E-state index contributed by atoms with van der Waals surface area (Å²) in [6, 6.07) is 1.69. The molecule has 1 aromatic rings. The second-order valence-corrected chi connectivity index (χ2v) is 8.18. The Labute approximate surface area is 123 Å². The largest absolute Gasteiger partial charge is 0.377 e. The molecule has 4 nitrogen and oxygen atoms in total. The van der Waals surface area contributed by atoms with Gasteiger partial charge in [0.1, 0.15) is 0 Å². The Bertz CT molecular complexity index is 541. The summed E-state index contributed by atoms with van der Waals surface area (Å²) in [5, 5.41) is 0. The predicted molar refractivity (Wildman–Crippen MR) is 77.4 cm³/mol. The van der Waals surface area contributed by atoms with Gasteiger partial charge in [0.05, 0.1) is 16.9 Å². The smallest absolute Gasteiger partial charge is 0.244 e. The van der Waals surface area contributed by atoms with Crippen molar-refractivity contribution in [2.75, 3.05) is 19.7 Å². The molecule has 1 atom stereocenters. The zero-order valence-electron chi connectivity index (χ0n) is 11.1. The van der Waals surface area contributed by atoms with Crippen molar-refractivity contribution in [2.45, 2.75) is 37.1 Å². The number of thiophene rings is 1. The van der Waals surface area contributed by atoms with Crippen LogP contribution in [0.1, 0.15) is 23.1 Å². The number of hydrogen-bond donors (Lipinski definition) is 0. The van der Waals surface area contributed by atoms with E-state index in [2.05, 4.69) is 0 Å². The first kappa shape index (κ1) is 15.3. The van der Waals surface area contributed by atoms with Gasteiger partial charge in [0.25, 0.3) is 0 Å². The molecular weight excluding hydrogens is 306 g/mol. The van der Waals surface area contributed by atoms with Crippen LogP contribution in [0.4, 0.5) is 0 Å². The molecule has 0 aromatic carbocycles. The molecular formula is C12H18ClNO3S2. The standard InChI is InChI=1S/C12H18ClNO3S2/c1-9-8-14(4-3-5-17-9)19(15,16)12-6-11(7-13)18-10(12)2/h6,9H,3-5,7-8H2,1-2H3. The van der Waals surface area contributed by atoms with E-state index < -0.39 is 10.0 Å². The molecule has 1 unspecified atom stereocenters. The molecule has 0 saturated carbocycles. The van der Waals surface area contributed by atoms with Gasteiger partial charge in [0, 0.05) is 29.5 Å². The molecule has 1 fully saturated rings. The lowest BCUT2D eigenvalue weighted by Crippen LogP contribution is -2.36. The van der Waals surface area contributed by atoms with E-state index in [0.717, 1.165) is 16.2 Å². The van der Waals surface area contributed by atoms with Gasteiger partial charge in [-0.05, 0) is 26.3 Å². The monoisotopic (exact) mass is 323 g/mol. The number of alkyl halides is 1. The van der Waals surface area contributed by atoms with Gasteiger partial charge in [-0.25, -0.2) is 8.42 Å². The maximum Gasteiger partial charge on any atom is 0.244 e. The van der Waals surface area contributed by atoms with Crippen LogP contribution in [-0.2, 0) is 20.6 Å². The third kappa shape index (κ3) is 3.31. The summed E-state index contributed by atoms with van der Waals surface area (Å²) in [6.45, 7) is 5.26. The Morgan fingerprint density at radius 1 is 1.58 bits per heavy atom. The molecule has 1 saturated heterocycles. The number of sulfonamides is 1. The fourth-order valence-electron chi connectivity index (χ4n) is 2.16. The lowest BCUT2D eigenvalue weighted by molar-refractivity contribution is 0.0752. The SMILES string of the molecule is Cc1sc(CCl)cc1S(=O)(=O)N1CCCOC(C)C1. The van der Waals surface area contributed by atoms with E-state index in [1.807, 2.05) is 13.8 Å². The van der Waals surface area contributed by atoms with Gasteiger partial charge in [-0.1, -0.05) is 0 Å². The lowest BCUT2D eigenvalue weighted by Gasteiger charge is -2.21. The summed E-state index contributed by atoms with van der Waals surface area (Å²) in [5.41, 5.74) is 0. The number of nitrogens with zero attached hydrogens (tertiary/aromatic N) is 1. The van der Waals surface area contributed by atoms with Crippen molar-refractivity contribution in [3.63, 3.8) is 0 Å². The molecule has 0 spiro atoms. The van der Waals surface area contributed by atoms with Gasteiger partial charge in [-0.3, -0.25) is 0 Å². The van der Waals surface area contributed by atoms with Crippen molar-refractivity contribution in [1.29, 1.82) is 0 Å². The first-order valence-corrected chi connectivity index (χ1v) is 9.01. The highest BCUT2D eigenvalue weighted by Gasteiger charge is 2.30. The molecule has 1 aliphatic rings. The molecule has 1 aliphatic heterocycles. The molecule has 0 bridgehead atoms. The van der Waals surface area contributed by atoms with Crippen LogP contribution in [0.5, 0.6) is 0 Å². The molecule has 2 rings (SSSR count). The zero-order valence-corrected chi connectivity index (χ0v) is 13.4. The molecule has 0 amide bonds. The number of aryl methyl sites for hydroxylation is 1. The average molecular weight is 324 g/mol. The van der Waals surface area contributed by atoms with Crippen molar-refractivity contribution in [3.05, 3.63) is 15.8 Å². The van der Waals surface area contributed by atoms with Gasteiger partial charge in [-0.2, -0.15) is 4.31 Å². The number of halogens is 1. The van der Waals surface area contributed by atoms with E-state index in [9.17, 15) is 8.42 Å². The van der Waals surface area contributed by atoms with Gasteiger partial charge >= 0.3 is 0 Å². The molecule has 19 heavy (non-hydrogen) atoms. The Kier molecular flexibility index (Phi) is 4.89. The third-order valence-electron chi connectivity index (χ3n) is 3.09. The van der Waals surface area contributed by atoms with E-state index in [1.54, 1.807) is 6.07 Å². The predicted octanol–water partition coefficient (Wildman–Crippen LogP) is 2.59. The fraction of sp³-hybridized carbons (Fsp3) is 0.667. The van der Waals surface area contributed by atoms with Crippen LogP contribution in [0.2, 0.25) is 0 Å². The molecule has 0 aliphatic carbocycles. The summed E-state index contributed by atoms with van der Waals surface area (Å²) in [5.74, 6) is 0.348. The van der Waals surface area contributed by atoms with Crippen molar-refractivity contribution < 1.29 is 13.2 Å². The highest BCUT2D eigenvalue weighted by atomic mass is 35.5. The first-order chi connectivity index (χ1) is 8.95. The Hall–Kier alpha value is -0.140. The van der Waals surface area contributed by atoms with Gasteiger partial charge < -0.3 is 4.74 Å². The van der Waals surface area contributed by atoms with E-state index in [-0.39, 0.29) is 6.10 Å². The van der Waals surface area contributed by atoms with Crippen LogP contribution in [0.25, 0.3) is 0 Å². The third-order valence-corrected chi connectivity index (χ3v) is 6.71. The molecule has 2 heterocycles. The summed E-state index contributed by atoms with van der Waals surface area (Å²) in [6.07, 6.45) is 0.665. The zero-order chi connectivity index (χ0) is 14.0. The number of rotatable bonds is 3. The molecule has 0 radical (unpaired) electrons. The average Bonchev–Trinajstić information content (AvgIpc) is 2.60. The minimum absolute atomic E-state index is 0.0660. The summed E-state index contributed by atoms with van der Waals surface area (Å²) in [7, 11) is -3.43. The van der Waals surface area contributed by atoms with Crippen LogP contribution >= 0.6 is 22.9 Å². The van der Waals surface area contributed by atoms with E-state index in [0.29, 0.717) is 30.5 Å². The normalized spacial score (nSPS) is 22.4. The summed E-state index contributed by atoms with van der Waals surface area (Å²) >= 11 is 7.22. The molecule has 7 heteroatoms. The van der Waals surface area contributed by atoms with Crippen molar-refractivity contribution >= 4 is 33.0 Å². The maximum absolute atomic E-state index is 12.7. The Morgan fingerprint density at radius 3 is 2.95 bits per heavy atom. The van der Waals surface area contributed by atoms with Gasteiger partial charge in [0.15, 0.2) is 0 Å². The Balaban J connectivity index is 2.32. The van der Waals surface area contributed by atoms with Gasteiger partial charge in [-0.15, -0.1) is 22.9 Å². The van der Waals surface area contributed by atoms with Crippen molar-refractivity contribution in [1.82, 2.24) is 4.31 Å². The minimum atomic E-state index is -3.43. The lowest BCUT2D eigenvalue weighted by atomic mass is 10.4. The Morgan fingerprint density at radius 2 is 2.32 bits per heavy atom.